The molecular weight excluding hydrogens is 344 g/mol. The van der Waals surface area contributed by atoms with Crippen LogP contribution in [0.3, 0.4) is 0 Å². The van der Waals surface area contributed by atoms with Gasteiger partial charge in [0.2, 0.25) is 0 Å². The fourth-order valence-electron chi connectivity index (χ4n) is 2.49. The van der Waals surface area contributed by atoms with E-state index in [0.717, 1.165) is 22.1 Å². The summed E-state index contributed by atoms with van der Waals surface area (Å²) in [4.78, 5) is 2.19. The molecule has 0 aliphatic carbocycles. The van der Waals surface area contributed by atoms with Crippen molar-refractivity contribution >= 4 is 17.4 Å². The van der Waals surface area contributed by atoms with Crippen LogP contribution < -0.4 is 20.3 Å². The van der Waals surface area contributed by atoms with Gasteiger partial charge in [-0.15, -0.1) is 0 Å². The summed E-state index contributed by atoms with van der Waals surface area (Å²) in [5.41, 5.74) is 8.73. The molecule has 0 aliphatic rings. The smallest absolute Gasteiger partial charge is 0.133 e. The van der Waals surface area contributed by atoms with E-state index in [0.29, 0.717) is 6.54 Å². The summed E-state index contributed by atoms with van der Waals surface area (Å²) in [6.07, 6.45) is 0. The minimum atomic E-state index is 0.699. The van der Waals surface area contributed by atoms with E-state index in [2.05, 4.69) is 23.0 Å². The van der Waals surface area contributed by atoms with Crippen molar-refractivity contribution in [2.24, 2.45) is 0 Å². The topological polar surface area (TPSA) is 42.5 Å². The van der Waals surface area contributed by atoms with Gasteiger partial charge in [-0.05, 0) is 42.0 Å². The van der Waals surface area contributed by atoms with Gasteiger partial charge >= 0.3 is 0 Å². The molecule has 0 bridgehead atoms. The summed E-state index contributed by atoms with van der Waals surface area (Å²) in [6.45, 7) is 0.699. The molecule has 0 spiro atoms. The Kier molecular flexibility index (Phi) is 6.41. The van der Waals surface area contributed by atoms with Gasteiger partial charge in [-0.2, -0.15) is 0 Å². The minimum absolute atomic E-state index is 0.699. The number of hydrogen-bond donors (Lipinski definition) is 2. The first-order valence-corrected chi connectivity index (χ1v) is 9.13. The van der Waals surface area contributed by atoms with Crippen LogP contribution in [0.4, 0.5) is 5.69 Å². The lowest BCUT2D eigenvalue weighted by atomic mass is 10.2. The number of ether oxygens (including phenoxy) is 2. The van der Waals surface area contributed by atoms with Gasteiger partial charge in [0.05, 0.1) is 19.1 Å². The Labute approximate surface area is 158 Å². The van der Waals surface area contributed by atoms with E-state index in [9.17, 15) is 0 Å². The third kappa shape index (κ3) is 4.71. The Morgan fingerprint density at radius 2 is 1.58 bits per heavy atom. The van der Waals surface area contributed by atoms with Crippen LogP contribution in [0.5, 0.6) is 11.5 Å². The average Bonchev–Trinajstić information content (AvgIpc) is 2.70. The Morgan fingerprint density at radius 1 is 0.808 bits per heavy atom. The van der Waals surface area contributed by atoms with E-state index >= 15 is 0 Å². The van der Waals surface area contributed by atoms with Crippen molar-refractivity contribution in [2.75, 3.05) is 19.6 Å². The third-order valence-electron chi connectivity index (χ3n) is 3.85. The van der Waals surface area contributed by atoms with Gasteiger partial charge in [0, 0.05) is 17.1 Å². The van der Waals surface area contributed by atoms with Crippen LogP contribution in [0.25, 0.3) is 0 Å². The van der Waals surface area contributed by atoms with Crippen molar-refractivity contribution in [2.45, 2.75) is 16.3 Å². The molecule has 0 fully saturated rings. The van der Waals surface area contributed by atoms with Gasteiger partial charge in [0.1, 0.15) is 11.5 Å². The zero-order chi connectivity index (χ0) is 18.2. The lowest BCUT2D eigenvalue weighted by Crippen LogP contribution is -2.21. The molecule has 4 nitrogen and oxygen atoms in total. The first-order chi connectivity index (χ1) is 12.8. The van der Waals surface area contributed by atoms with Crippen LogP contribution >= 0.6 is 11.8 Å². The summed E-state index contributed by atoms with van der Waals surface area (Å²) in [6, 6.07) is 24.2. The molecule has 0 heterocycles. The van der Waals surface area contributed by atoms with E-state index in [4.69, 9.17) is 9.47 Å². The maximum atomic E-state index is 5.49. The standard InChI is InChI=1S/C21H22N2O2S/c1-24-18-12-13-19(25-2)21(14-18)26-20-11-7-6-8-16(20)15-22-23-17-9-4-3-5-10-17/h3-14,22-23H,15H2,1-2H3. The predicted octanol–water partition coefficient (Wildman–Crippen LogP) is 4.97. The van der Waals surface area contributed by atoms with E-state index in [1.54, 1.807) is 26.0 Å². The lowest BCUT2D eigenvalue weighted by molar-refractivity contribution is 0.394. The predicted molar refractivity (Wildman–Crippen MR) is 107 cm³/mol. The average molecular weight is 366 g/mol. The molecule has 3 aromatic carbocycles. The molecule has 0 saturated carbocycles. The summed E-state index contributed by atoms with van der Waals surface area (Å²) in [7, 11) is 3.35. The van der Waals surface area contributed by atoms with Crippen molar-refractivity contribution < 1.29 is 9.47 Å². The summed E-state index contributed by atoms with van der Waals surface area (Å²) in [5.74, 6) is 1.65. The molecule has 3 aromatic rings. The molecular formula is C21H22N2O2S. The minimum Gasteiger partial charge on any atom is -0.497 e. The molecule has 134 valence electrons. The van der Waals surface area contributed by atoms with Crippen LogP contribution in [0.15, 0.2) is 82.6 Å². The number of rotatable bonds is 8. The molecule has 0 saturated heterocycles. The van der Waals surface area contributed by atoms with Crippen molar-refractivity contribution in [3.63, 3.8) is 0 Å². The number of anilines is 1. The maximum Gasteiger partial charge on any atom is 0.133 e. The first kappa shape index (κ1) is 18.2. The van der Waals surface area contributed by atoms with Crippen LogP contribution in [-0.2, 0) is 6.54 Å². The molecule has 2 N–H and O–H groups in total. The zero-order valence-electron chi connectivity index (χ0n) is 14.9. The van der Waals surface area contributed by atoms with Crippen LogP contribution in [0.1, 0.15) is 5.56 Å². The summed E-state index contributed by atoms with van der Waals surface area (Å²) < 4.78 is 10.8. The number of hydrazine groups is 1. The first-order valence-electron chi connectivity index (χ1n) is 8.32. The van der Waals surface area contributed by atoms with Crippen LogP contribution in [0, 0.1) is 0 Å². The Hall–Kier alpha value is -2.63. The second kappa shape index (κ2) is 9.17. The number of benzene rings is 3. The quantitative estimate of drug-likeness (QED) is 0.551. The SMILES string of the molecule is COc1ccc(OC)c(Sc2ccccc2CNNc2ccccc2)c1. The summed E-state index contributed by atoms with van der Waals surface area (Å²) in [5, 5.41) is 0. The number of nitrogens with one attached hydrogen (secondary N) is 2. The fourth-order valence-corrected chi connectivity index (χ4v) is 3.58. The molecule has 5 heteroatoms. The number of hydrogen-bond acceptors (Lipinski definition) is 5. The van der Waals surface area contributed by atoms with E-state index < -0.39 is 0 Å². The monoisotopic (exact) mass is 366 g/mol. The van der Waals surface area contributed by atoms with Gasteiger partial charge in [-0.3, -0.25) is 0 Å². The highest BCUT2D eigenvalue weighted by molar-refractivity contribution is 7.99. The van der Waals surface area contributed by atoms with Crippen molar-refractivity contribution in [1.29, 1.82) is 0 Å². The Bertz CT molecular complexity index is 840. The Balaban J connectivity index is 1.73. The fraction of sp³-hybridized carbons (Fsp3) is 0.143. The van der Waals surface area contributed by atoms with Crippen molar-refractivity contribution in [3.8, 4) is 11.5 Å². The highest BCUT2D eigenvalue weighted by Gasteiger charge is 2.10. The van der Waals surface area contributed by atoms with Crippen LogP contribution in [-0.4, -0.2) is 14.2 Å². The molecule has 0 aliphatic heterocycles. The molecule has 26 heavy (non-hydrogen) atoms. The Morgan fingerprint density at radius 3 is 2.35 bits per heavy atom. The zero-order valence-corrected chi connectivity index (χ0v) is 15.7. The second-order valence-corrected chi connectivity index (χ2v) is 6.65. The highest BCUT2D eigenvalue weighted by atomic mass is 32.2. The van der Waals surface area contributed by atoms with Gasteiger partial charge in [0.25, 0.3) is 0 Å². The van der Waals surface area contributed by atoms with Crippen molar-refractivity contribution in [1.82, 2.24) is 5.43 Å². The van der Waals surface area contributed by atoms with Gasteiger partial charge in [-0.1, -0.05) is 48.2 Å². The van der Waals surface area contributed by atoms with Crippen LogP contribution in [0.2, 0.25) is 0 Å². The van der Waals surface area contributed by atoms with E-state index in [1.165, 1.54) is 10.5 Å². The molecule has 0 aromatic heterocycles. The second-order valence-electron chi connectivity index (χ2n) is 5.57. The maximum absolute atomic E-state index is 5.49. The molecule has 0 amide bonds. The normalized spacial score (nSPS) is 10.4. The van der Waals surface area contributed by atoms with Gasteiger partial charge in [0.15, 0.2) is 0 Å². The molecule has 0 unspecified atom stereocenters. The molecule has 0 atom stereocenters. The van der Waals surface area contributed by atoms with Gasteiger partial charge in [-0.25, -0.2) is 5.43 Å². The lowest BCUT2D eigenvalue weighted by Gasteiger charge is -2.14. The third-order valence-corrected chi connectivity index (χ3v) is 5.01. The highest BCUT2D eigenvalue weighted by Crippen LogP contribution is 2.38. The van der Waals surface area contributed by atoms with E-state index in [-0.39, 0.29) is 0 Å². The summed E-state index contributed by atoms with van der Waals surface area (Å²) >= 11 is 1.67. The molecule has 0 radical (unpaired) electrons. The number of methoxy groups -OCH3 is 2. The van der Waals surface area contributed by atoms with E-state index in [1.807, 2.05) is 60.7 Å². The molecule has 3 rings (SSSR count). The van der Waals surface area contributed by atoms with Crippen molar-refractivity contribution in [3.05, 3.63) is 78.4 Å². The number of para-hydroxylation sites is 1. The van der Waals surface area contributed by atoms with Gasteiger partial charge < -0.3 is 14.9 Å². The largest absolute Gasteiger partial charge is 0.497 e.